The van der Waals surface area contributed by atoms with E-state index in [4.69, 9.17) is 0 Å². The molecule has 2 nitrogen and oxygen atoms in total. The van der Waals surface area contributed by atoms with Gasteiger partial charge in [0.2, 0.25) is 0 Å². The zero-order valence-electron chi connectivity index (χ0n) is 11.0. The van der Waals surface area contributed by atoms with Crippen LogP contribution >= 0.6 is 0 Å². The Morgan fingerprint density at radius 1 is 1.12 bits per heavy atom. The van der Waals surface area contributed by atoms with E-state index >= 15 is 0 Å². The summed E-state index contributed by atoms with van der Waals surface area (Å²) in [7, 11) is 0. The van der Waals surface area contributed by atoms with E-state index < -0.39 is 0 Å². The highest BCUT2D eigenvalue weighted by Gasteiger charge is 2.13. The minimum absolute atomic E-state index is 0.147. The number of rotatable bonds is 7. The summed E-state index contributed by atoms with van der Waals surface area (Å²) in [5, 5.41) is 13.2. The average molecular weight is 227 g/mol. The third-order valence-corrected chi connectivity index (χ3v) is 3.61. The van der Waals surface area contributed by atoms with Gasteiger partial charge in [-0.25, -0.2) is 0 Å². The molecule has 1 saturated carbocycles. The van der Waals surface area contributed by atoms with Crippen LogP contribution in [-0.4, -0.2) is 24.3 Å². The van der Waals surface area contributed by atoms with E-state index in [-0.39, 0.29) is 6.10 Å². The molecule has 0 aromatic carbocycles. The third-order valence-electron chi connectivity index (χ3n) is 3.61. The van der Waals surface area contributed by atoms with Crippen molar-refractivity contribution in [1.29, 1.82) is 0 Å². The Balaban J connectivity index is 1.96. The molecule has 1 aliphatic carbocycles. The van der Waals surface area contributed by atoms with Crippen LogP contribution in [0.5, 0.6) is 0 Å². The van der Waals surface area contributed by atoms with E-state index in [2.05, 4.69) is 19.2 Å². The lowest BCUT2D eigenvalue weighted by atomic mass is 9.89. The predicted octanol–water partition coefficient (Wildman–Crippen LogP) is 2.95. The highest BCUT2D eigenvalue weighted by atomic mass is 16.3. The molecule has 0 amide bonds. The van der Waals surface area contributed by atoms with Crippen molar-refractivity contribution in [3.05, 3.63) is 0 Å². The third kappa shape index (κ3) is 6.49. The molecule has 16 heavy (non-hydrogen) atoms. The lowest BCUT2D eigenvalue weighted by Gasteiger charge is -2.22. The van der Waals surface area contributed by atoms with Crippen molar-refractivity contribution in [1.82, 2.24) is 5.32 Å². The van der Waals surface area contributed by atoms with Crippen LogP contribution in [0.4, 0.5) is 0 Å². The normalized spacial score (nSPS) is 20.2. The Morgan fingerprint density at radius 3 is 2.44 bits per heavy atom. The summed E-state index contributed by atoms with van der Waals surface area (Å²) >= 11 is 0. The van der Waals surface area contributed by atoms with Crippen LogP contribution in [0.3, 0.4) is 0 Å². The summed E-state index contributed by atoms with van der Waals surface area (Å²) in [6.45, 7) is 6.31. The Bertz CT molecular complexity index is 164. The molecule has 0 heterocycles. The molecule has 0 aromatic heterocycles. The van der Waals surface area contributed by atoms with Gasteiger partial charge in [0.15, 0.2) is 0 Å². The molecule has 1 fully saturated rings. The molecule has 0 bridgehead atoms. The Labute approximate surface area is 101 Å². The van der Waals surface area contributed by atoms with Crippen LogP contribution in [-0.2, 0) is 0 Å². The van der Waals surface area contributed by atoms with Crippen molar-refractivity contribution in [2.75, 3.05) is 13.1 Å². The number of hydrogen-bond donors (Lipinski definition) is 2. The van der Waals surface area contributed by atoms with Gasteiger partial charge >= 0.3 is 0 Å². The highest BCUT2D eigenvalue weighted by molar-refractivity contribution is 4.69. The van der Waals surface area contributed by atoms with Crippen molar-refractivity contribution in [3.63, 3.8) is 0 Å². The minimum Gasteiger partial charge on any atom is -0.392 e. The maximum Gasteiger partial charge on any atom is 0.0664 e. The molecule has 1 rings (SSSR count). The van der Waals surface area contributed by atoms with Crippen molar-refractivity contribution in [3.8, 4) is 0 Å². The van der Waals surface area contributed by atoms with Gasteiger partial charge in [0.05, 0.1) is 6.10 Å². The molecule has 0 aliphatic heterocycles. The largest absolute Gasteiger partial charge is 0.392 e. The SMILES string of the molecule is CC(C)CC[C@H](O)CNCC1CCCCC1. The van der Waals surface area contributed by atoms with E-state index in [0.29, 0.717) is 5.92 Å². The van der Waals surface area contributed by atoms with Crippen LogP contribution in [0.2, 0.25) is 0 Å². The highest BCUT2D eigenvalue weighted by Crippen LogP contribution is 2.22. The quantitative estimate of drug-likeness (QED) is 0.701. The van der Waals surface area contributed by atoms with Gasteiger partial charge in [-0.05, 0) is 44.1 Å². The molecule has 0 aromatic rings. The standard InChI is InChI=1S/C14H29NO/c1-12(2)8-9-14(16)11-15-10-13-6-4-3-5-7-13/h12-16H,3-11H2,1-2H3/t14-/m0/s1. The summed E-state index contributed by atoms with van der Waals surface area (Å²) in [6.07, 6.45) is 8.93. The molecular weight excluding hydrogens is 198 g/mol. The maximum atomic E-state index is 9.77. The van der Waals surface area contributed by atoms with E-state index in [9.17, 15) is 5.11 Å². The van der Waals surface area contributed by atoms with Crippen LogP contribution in [0, 0.1) is 11.8 Å². The summed E-state index contributed by atoms with van der Waals surface area (Å²) < 4.78 is 0. The molecule has 0 unspecified atom stereocenters. The number of aliphatic hydroxyl groups is 1. The van der Waals surface area contributed by atoms with Crippen molar-refractivity contribution < 1.29 is 5.11 Å². The van der Waals surface area contributed by atoms with Crippen LogP contribution in [0.15, 0.2) is 0 Å². The van der Waals surface area contributed by atoms with E-state index in [1.807, 2.05) is 0 Å². The predicted molar refractivity (Wildman–Crippen MR) is 69.5 cm³/mol. The van der Waals surface area contributed by atoms with E-state index in [0.717, 1.165) is 31.8 Å². The molecule has 96 valence electrons. The first-order chi connectivity index (χ1) is 7.68. The molecular formula is C14H29NO. The van der Waals surface area contributed by atoms with Gasteiger partial charge in [0.25, 0.3) is 0 Å². The summed E-state index contributed by atoms with van der Waals surface area (Å²) in [6, 6.07) is 0. The second-order valence-electron chi connectivity index (χ2n) is 5.79. The zero-order chi connectivity index (χ0) is 11.8. The zero-order valence-corrected chi connectivity index (χ0v) is 11.0. The summed E-state index contributed by atoms with van der Waals surface area (Å²) in [4.78, 5) is 0. The monoisotopic (exact) mass is 227 g/mol. The smallest absolute Gasteiger partial charge is 0.0664 e. The topological polar surface area (TPSA) is 32.3 Å². The van der Waals surface area contributed by atoms with Gasteiger partial charge in [0, 0.05) is 6.54 Å². The average Bonchev–Trinajstić information content (AvgIpc) is 2.28. The molecule has 0 spiro atoms. The first kappa shape index (κ1) is 14.0. The fraction of sp³-hybridized carbons (Fsp3) is 1.00. The van der Waals surface area contributed by atoms with Gasteiger partial charge in [0.1, 0.15) is 0 Å². The summed E-state index contributed by atoms with van der Waals surface area (Å²) in [5.74, 6) is 1.57. The molecule has 2 N–H and O–H groups in total. The van der Waals surface area contributed by atoms with Crippen LogP contribution in [0.1, 0.15) is 58.8 Å². The molecule has 0 radical (unpaired) electrons. The van der Waals surface area contributed by atoms with Gasteiger partial charge in [-0.15, -0.1) is 0 Å². The second-order valence-corrected chi connectivity index (χ2v) is 5.79. The summed E-state index contributed by atoms with van der Waals surface area (Å²) in [5.41, 5.74) is 0. The van der Waals surface area contributed by atoms with E-state index in [1.165, 1.54) is 32.1 Å². The first-order valence-corrected chi connectivity index (χ1v) is 7.07. The van der Waals surface area contributed by atoms with Crippen LogP contribution in [0.25, 0.3) is 0 Å². The minimum atomic E-state index is -0.147. The van der Waals surface area contributed by atoms with Gasteiger partial charge < -0.3 is 10.4 Å². The Morgan fingerprint density at radius 2 is 1.81 bits per heavy atom. The molecule has 1 atom stereocenters. The lowest BCUT2D eigenvalue weighted by molar-refractivity contribution is 0.151. The van der Waals surface area contributed by atoms with Gasteiger partial charge in [-0.2, -0.15) is 0 Å². The second kappa shape index (κ2) is 8.08. The van der Waals surface area contributed by atoms with Gasteiger partial charge in [-0.1, -0.05) is 33.1 Å². The number of aliphatic hydroxyl groups excluding tert-OH is 1. The van der Waals surface area contributed by atoms with Crippen LogP contribution < -0.4 is 5.32 Å². The van der Waals surface area contributed by atoms with Gasteiger partial charge in [-0.3, -0.25) is 0 Å². The number of hydrogen-bond acceptors (Lipinski definition) is 2. The maximum absolute atomic E-state index is 9.77. The molecule has 1 aliphatic rings. The Hall–Kier alpha value is -0.0800. The van der Waals surface area contributed by atoms with Crippen molar-refractivity contribution in [2.45, 2.75) is 64.9 Å². The lowest BCUT2D eigenvalue weighted by Crippen LogP contribution is -2.31. The molecule has 0 saturated heterocycles. The van der Waals surface area contributed by atoms with Crippen molar-refractivity contribution in [2.24, 2.45) is 11.8 Å². The fourth-order valence-electron chi connectivity index (χ4n) is 2.47. The Kier molecular flexibility index (Phi) is 7.06. The fourth-order valence-corrected chi connectivity index (χ4v) is 2.47. The van der Waals surface area contributed by atoms with Crippen molar-refractivity contribution >= 4 is 0 Å². The molecule has 2 heteroatoms. The van der Waals surface area contributed by atoms with E-state index in [1.54, 1.807) is 0 Å². The number of nitrogens with one attached hydrogen (secondary N) is 1. The first-order valence-electron chi connectivity index (χ1n) is 7.07.